The molecular weight excluding hydrogens is 396 g/mol. The van der Waals surface area contributed by atoms with Crippen molar-refractivity contribution in [1.29, 1.82) is 0 Å². The third kappa shape index (κ3) is 5.87. The molecule has 30 heavy (non-hydrogen) atoms. The second kappa shape index (κ2) is 10.5. The number of hydrazine groups is 1. The second-order valence-corrected chi connectivity index (χ2v) is 7.62. The van der Waals surface area contributed by atoms with Crippen molar-refractivity contribution in [2.24, 2.45) is 0 Å². The van der Waals surface area contributed by atoms with Crippen LogP contribution in [-0.2, 0) is 11.2 Å². The second-order valence-electron chi connectivity index (χ2n) is 6.74. The Bertz CT molecular complexity index is 1020. The summed E-state index contributed by atoms with van der Waals surface area (Å²) in [4.78, 5) is 25.6. The summed E-state index contributed by atoms with van der Waals surface area (Å²) in [5, 5.41) is 0. The minimum Gasteiger partial charge on any atom is -0.483 e. The normalized spacial score (nSPS) is 10.3. The van der Waals surface area contributed by atoms with Gasteiger partial charge >= 0.3 is 0 Å². The first kappa shape index (κ1) is 21.5. The number of carbonyl (C=O) groups is 2. The van der Waals surface area contributed by atoms with Gasteiger partial charge in [-0.3, -0.25) is 20.4 Å². The minimum atomic E-state index is -0.434. The predicted molar refractivity (Wildman–Crippen MR) is 120 cm³/mol. The van der Waals surface area contributed by atoms with Gasteiger partial charge in [-0.2, -0.15) is 0 Å². The molecule has 0 saturated carbocycles. The number of para-hydroxylation sites is 1. The molecule has 154 valence electrons. The van der Waals surface area contributed by atoms with Crippen molar-refractivity contribution >= 4 is 23.6 Å². The number of carbonyl (C=O) groups excluding carboxylic acids is 2. The number of hydrogen-bond donors (Lipinski definition) is 2. The van der Waals surface area contributed by atoms with E-state index >= 15 is 0 Å². The van der Waals surface area contributed by atoms with E-state index in [1.54, 1.807) is 17.8 Å². The quantitative estimate of drug-likeness (QED) is 0.445. The van der Waals surface area contributed by atoms with E-state index in [9.17, 15) is 9.59 Å². The Balaban J connectivity index is 1.55. The molecule has 2 N–H and O–H groups in total. The molecule has 0 fully saturated rings. The highest BCUT2D eigenvalue weighted by Gasteiger charge is 2.12. The first-order valence-electron chi connectivity index (χ1n) is 9.55. The Morgan fingerprint density at radius 3 is 2.43 bits per heavy atom. The first-order chi connectivity index (χ1) is 14.6. The van der Waals surface area contributed by atoms with E-state index in [4.69, 9.17) is 4.74 Å². The van der Waals surface area contributed by atoms with Crippen LogP contribution in [0.5, 0.6) is 5.75 Å². The Hall–Kier alpha value is -3.25. The maximum Gasteiger partial charge on any atom is 0.276 e. The summed E-state index contributed by atoms with van der Waals surface area (Å²) < 4.78 is 5.70. The van der Waals surface area contributed by atoms with Crippen molar-refractivity contribution in [3.8, 4) is 5.75 Å². The molecule has 3 aromatic carbocycles. The minimum absolute atomic E-state index is 0.198. The molecule has 0 unspecified atom stereocenters. The molecule has 0 aliphatic carbocycles. The van der Waals surface area contributed by atoms with Gasteiger partial charge in [-0.1, -0.05) is 54.6 Å². The third-order valence-corrected chi connectivity index (χ3v) is 5.30. The molecule has 5 nitrogen and oxygen atoms in total. The van der Waals surface area contributed by atoms with E-state index in [1.165, 1.54) is 0 Å². The number of benzene rings is 3. The van der Waals surface area contributed by atoms with Crippen molar-refractivity contribution in [2.45, 2.75) is 18.2 Å². The van der Waals surface area contributed by atoms with Crippen LogP contribution >= 0.6 is 11.8 Å². The first-order valence-corrected chi connectivity index (χ1v) is 10.8. The van der Waals surface area contributed by atoms with Gasteiger partial charge in [0.2, 0.25) is 0 Å². The van der Waals surface area contributed by atoms with Gasteiger partial charge in [-0.25, -0.2) is 0 Å². The number of hydrogen-bond acceptors (Lipinski definition) is 4. The number of nitrogens with one attached hydrogen (secondary N) is 2. The van der Waals surface area contributed by atoms with Crippen LogP contribution in [-0.4, -0.2) is 24.7 Å². The maximum atomic E-state index is 12.4. The lowest BCUT2D eigenvalue weighted by Crippen LogP contribution is -2.44. The van der Waals surface area contributed by atoms with Gasteiger partial charge in [-0.15, -0.1) is 11.8 Å². The molecule has 0 radical (unpaired) electrons. The summed E-state index contributed by atoms with van der Waals surface area (Å²) in [6.45, 7) is 1.66. The monoisotopic (exact) mass is 420 g/mol. The van der Waals surface area contributed by atoms with Crippen LogP contribution in [0.4, 0.5) is 0 Å². The Morgan fingerprint density at radius 1 is 0.933 bits per heavy atom. The van der Waals surface area contributed by atoms with Gasteiger partial charge in [-0.05, 0) is 48.1 Å². The molecule has 0 aliphatic rings. The lowest BCUT2D eigenvalue weighted by atomic mass is 10.0. The standard InChI is InChI=1S/C24H24N2O3S/c1-17-12-13-20(30-2)15-21(17)24(28)26-25-23(27)16-29-22-11-7-6-10-19(22)14-18-8-4-3-5-9-18/h3-13,15H,14,16H2,1-2H3,(H,25,27)(H,26,28). The fourth-order valence-corrected chi connectivity index (χ4v) is 3.39. The van der Waals surface area contributed by atoms with Crippen LogP contribution in [0, 0.1) is 6.92 Å². The van der Waals surface area contributed by atoms with Crippen molar-refractivity contribution in [2.75, 3.05) is 12.9 Å². The van der Waals surface area contributed by atoms with Crippen molar-refractivity contribution < 1.29 is 14.3 Å². The highest BCUT2D eigenvalue weighted by atomic mass is 32.2. The van der Waals surface area contributed by atoms with E-state index in [0.717, 1.165) is 21.6 Å². The van der Waals surface area contributed by atoms with Gasteiger partial charge in [0.15, 0.2) is 6.61 Å². The summed E-state index contributed by atoms with van der Waals surface area (Å²) in [5.74, 6) is -0.149. The number of aryl methyl sites for hydroxylation is 1. The van der Waals surface area contributed by atoms with Crippen molar-refractivity contribution in [3.63, 3.8) is 0 Å². The summed E-state index contributed by atoms with van der Waals surface area (Å²) in [6.07, 6.45) is 2.65. The third-order valence-electron chi connectivity index (χ3n) is 4.57. The molecule has 6 heteroatoms. The van der Waals surface area contributed by atoms with Crippen LogP contribution in [0.1, 0.15) is 27.0 Å². The summed E-state index contributed by atoms with van der Waals surface area (Å²) in [7, 11) is 0. The zero-order valence-corrected chi connectivity index (χ0v) is 17.8. The van der Waals surface area contributed by atoms with E-state index < -0.39 is 5.91 Å². The van der Waals surface area contributed by atoms with Crippen LogP contribution in [0.2, 0.25) is 0 Å². The molecule has 0 spiro atoms. The lowest BCUT2D eigenvalue weighted by Gasteiger charge is -2.13. The molecule has 0 heterocycles. The van der Waals surface area contributed by atoms with Crippen LogP contribution in [0.3, 0.4) is 0 Å². The molecule has 0 saturated heterocycles. The zero-order valence-electron chi connectivity index (χ0n) is 17.0. The van der Waals surface area contributed by atoms with Gasteiger partial charge in [0.1, 0.15) is 5.75 Å². The van der Waals surface area contributed by atoms with Crippen LogP contribution < -0.4 is 15.6 Å². The topological polar surface area (TPSA) is 67.4 Å². The van der Waals surface area contributed by atoms with E-state index in [2.05, 4.69) is 10.9 Å². The van der Waals surface area contributed by atoms with E-state index in [-0.39, 0.29) is 12.5 Å². The summed E-state index contributed by atoms with van der Waals surface area (Å²) in [5.41, 5.74) is 8.38. The Kier molecular flexibility index (Phi) is 7.51. The molecule has 0 aromatic heterocycles. The SMILES string of the molecule is CSc1ccc(C)c(C(=O)NNC(=O)COc2ccccc2Cc2ccccc2)c1. The maximum absolute atomic E-state index is 12.4. The van der Waals surface area contributed by atoms with Crippen molar-refractivity contribution in [1.82, 2.24) is 10.9 Å². The lowest BCUT2D eigenvalue weighted by molar-refractivity contribution is -0.123. The zero-order chi connectivity index (χ0) is 21.3. The molecule has 0 aliphatic heterocycles. The Labute approximate surface area is 180 Å². The number of thioether (sulfide) groups is 1. The van der Waals surface area contributed by atoms with Crippen LogP contribution in [0.25, 0.3) is 0 Å². The average molecular weight is 421 g/mol. The molecule has 0 bridgehead atoms. The summed E-state index contributed by atoms with van der Waals surface area (Å²) >= 11 is 1.55. The van der Waals surface area contributed by atoms with E-state index in [1.807, 2.05) is 79.9 Å². The van der Waals surface area contributed by atoms with E-state index in [0.29, 0.717) is 17.7 Å². The molecule has 0 atom stereocenters. The van der Waals surface area contributed by atoms with Gasteiger partial charge in [0, 0.05) is 16.9 Å². The average Bonchev–Trinajstić information content (AvgIpc) is 2.78. The Morgan fingerprint density at radius 2 is 1.67 bits per heavy atom. The van der Waals surface area contributed by atoms with Crippen molar-refractivity contribution in [3.05, 3.63) is 95.1 Å². The number of amides is 2. The van der Waals surface area contributed by atoms with Gasteiger partial charge in [0.25, 0.3) is 11.8 Å². The number of ether oxygens (including phenoxy) is 1. The van der Waals surface area contributed by atoms with Gasteiger partial charge in [0.05, 0.1) is 0 Å². The highest BCUT2D eigenvalue weighted by molar-refractivity contribution is 7.98. The number of rotatable bonds is 7. The van der Waals surface area contributed by atoms with Gasteiger partial charge < -0.3 is 4.74 Å². The molecule has 2 amide bonds. The summed E-state index contributed by atoms with van der Waals surface area (Å²) in [6, 6.07) is 23.3. The fourth-order valence-electron chi connectivity index (χ4n) is 2.95. The predicted octanol–water partition coefficient (Wildman–Crippen LogP) is 4.15. The molecule has 3 aromatic rings. The highest BCUT2D eigenvalue weighted by Crippen LogP contribution is 2.21. The molecule has 3 rings (SSSR count). The molecular formula is C24H24N2O3S. The fraction of sp³-hybridized carbons (Fsp3) is 0.167. The smallest absolute Gasteiger partial charge is 0.276 e. The van der Waals surface area contributed by atoms with Crippen LogP contribution in [0.15, 0.2) is 77.7 Å². The largest absolute Gasteiger partial charge is 0.483 e.